The van der Waals surface area contributed by atoms with E-state index in [0.29, 0.717) is 22.6 Å². The van der Waals surface area contributed by atoms with Gasteiger partial charge in [0.1, 0.15) is 5.82 Å². The van der Waals surface area contributed by atoms with Crippen molar-refractivity contribution in [1.29, 1.82) is 0 Å². The summed E-state index contributed by atoms with van der Waals surface area (Å²) in [5, 5.41) is 4.29. The lowest BCUT2D eigenvalue weighted by Gasteiger charge is -2.05. The van der Waals surface area contributed by atoms with Gasteiger partial charge in [0.2, 0.25) is 0 Å². The van der Waals surface area contributed by atoms with E-state index in [1.807, 2.05) is 0 Å². The van der Waals surface area contributed by atoms with Gasteiger partial charge in [-0.15, -0.1) is 0 Å². The molecule has 1 heterocycles. The Kier molecular flexibility index (Phi) is 3.62. The summed E-state index contributed by atoms with van der Waals surface area (Å²) in [5.41, 5.74) is 4.65. The average Bonchev–Trinajstić information content (AvgIpc) is 2.66. The summed E-state index contributed by atoms with van der Waals surface area (Å²) in [6.07, 6.45) is 0. The van der Waals surface area contributed by atoms with Crippen LogP contribution in [0.1, 0.15) is 21.7 Å². The van der Waals surface area contributed by atoms with Crippen LogP contribution in [0, 0.1) is 19.7 Å². The molecule has 0 radical (unpaired) electrons. The number of carbonyl (C=O) groups excluding carboxylic acids is 1. The Labute approximate surface area is 110 Å². The number of hydrogen-bond acceptors (Lipinski definition) is 3. The van der Waals surface area contributed by atoms with Crippen molar-refractivity contribution in [2.45, 2.75) is 13.8 Å². The zero-order chi connectivity index (χ0) is 14.0. The van der Waals surface area contributed by atoms with Crippen LogP contribution in [0.3, 0.4) is 0 Å². The molecule has 6 heteroatoms. The monoisotopic (exact) mass is 263 g/mol. The van der Waals surface area contributed by atoms with Gasteiger partial charge in [0.05, 0.1) is 29.7 Å². The molecule has 5 nitrogen and oxygen atoms in total. The minimum absolute atomic E-state index is 0.317. The fourth-order valence-corrected chi connectivity index (χ4v) is 1.95. The fraction of sp³-hybridized carbons (Fsp3) is 0.231. The van der Waals surface area contributed by atoms with E-state index < -0.39 is 0 Å². The number of rotatable bonds is 3. The summed E-state index contributed by atoms with van der Waals surface area (Å²) in [6, 6.07) is 5.90. The minimum atomic E-state index is -0.356. The van der Waals surface area contributed by atoms with Crippen LogP contribution in [0.15, 0.2) is 24.3 Å². The van der Waals surface area contributed by atoms with E-state index in [1.165, 1.54) is 19.2 Å². The Morgan fingerprint density at radius 3 is 2.53 bits per heavy atom. The van der Waals surface area contributed by atoms with Gasteiger partial charge in [-0.05, 0) is 38.1 Å². The van der Waals surface area contributed by atoms with E-state index in [1.54, 1.807) is 30.7 Å². The maximum absolute atomic E-state index is 12.9. The van der Waals surface area contributed by atoms with E-state index in [-0.39, 0.29) is 11.7 Å². The molecular weight excluding hydrogens is 249 g/mol. The van der Waals surface area contributed by atoms with Crippen molar-refractivity contribution in [2.75, 3.05) is 7.11 Å². The quantitative estimate of drug-likeness (QED) is 0.861. The summed E-state index contributed by atoms with van der Waals surface area (Å²) in [6.45, 7) is 3.51. The molecular formula is C13H14FN3O2. The average molecular weight is 263 g/mol. The van der Waals surface area contributed by atoms with Gasteiger partial charge in [0.25, 0.3) is 5.91 Å². The Morgan fingerprint density at radius 2 is 1.95 bits per heavy atom. The first-order valence-corrected chi connectivity index (χ1v) is 5.70. The summed E-state index contributed by atoms with van der Waals surface area (Å²) < 4.78 is 14.5. The molecule has 0 saturated heterocycles. The molecule has 1 N–H and O–H groups in total. The van der Waals surface area contributed by atoms with Gasteiger partial charge >= 0.3 is 0 Å². The van der Waals surface area contributed by atoms with Gasteiger partial charge in [-0.1, -0.05) is 0 Å². The van der Waals surface area contributed by atoms with Crippen molar-refractivity contribution in [3.8, 4) is 5.69 Å². The van der Waals surface area contributed by atoms with Crippen LogP contribution in [-0.2, 0) is 4.84 Å². The van der Waals surface area contributed by atoms with E-state index in [2.05, 4.69) is 15.4 Å². The molecule has 0 aliphatic heterocycles. The van der Waals surface area contributed by atoms with Crippen LogP contribution in [-0.4, -0.2) is 22.8 Å². The minimum Gasteiger partial charge on any atom is -0.277 e. The predicted octanol–water partition coefficient (Wildman–Crippen LogP) is 1.92. The second-order valence-corrected chi connectivity index (χ2v) is 4.07. The number of hydrogen-bond donors (Lipinski definition) is 1. The molecule has 0 spiro atoms. The first-order valence-electron chi connectivity index (χ1n) is 5.70. The zero-order valence-electron chi connectivity index (χ0n) is 10.9. The highest BCUT2D eigenvalue weighted by molar-refractivity contribution is 5.95. The standard InChI is InChI=1S/C13H14FN3O2/c1-8-12(13(18)16-19-3)9(2)17(15-8)11-6-4-10(14)5-7-11/h4-7H,1-3H3,(H,16,18). The third-order valence-electron chi connectivity index (χ3n) is 2.78. The number of halogens is 1. The molecule has 0 aliphatic rings. The molecule has 0 aliphatic carbocycles. The van der Waals surface area contributed by atoms with Crippen molar-refractivity contribution in [3.63, 3.8) is 0 Å². The molecule has 1 amide bonds. The highest BCUT2D eigenvalue weighted by atomic mass is 19.1. The van der Waals surface area contributed by atoms with Crippen LogP contribution in [0.4, 0.5) is 4.39 Å². The first kappa shape index (κ1) is 13.2. The molecule has 1 aromatic heterocycles. The van der Waals surface area contributed by atoms with Crippen molar-refractivity contribution in [3.05, 3.63) is 47.0 Å². The molecule has 19 heavy (non-hydrogen) atoms. The summed E-state index contributed by atoms with van der Waals surface area (Å²) >= 11 is 0. The molecule has 0 bridgehead atoms. The highest BCUT2D eigenvalue weighted by Gasteiger charge is 2.19. The van der Waals surface area contributed by atoms with Crippen molar-refractivity contribution < 1.29 is 14.0 Å². The van der Waals surface area contributed by atoms with Crippen molar-refractivity contribution >= 4 is 5.91 Å². The Morgan fingerprint density at radius 1 is 1.32 bits per heavy atom. The number of aryl methyl sites for hydroxylation is 1. The molecule has 0 unspecified atom stereocenters. The maximum Gasteiger partial charge on any atom is 0.278 e. The molecule has 2 rings (SSSR count). The van der Waals surface area contributed by atoms with Crippen LogP contribution < -0.4 is 5.48 Å². The van der Waals surface area contributed by atoms with Gasteiger partial charge in [0.15, 0.2) is 0 Å². The second-order valence-electron chi connectivity index (χ2n) is 4.07. The Balaban J connectivity index is 2.46. The molecule has 1 aromatic carbocycles. The van der Waals surface area contributed by atoms with E-state index in [4.69, 9.17) is 0 Å². The van der Waals surface area contributed by atoms with Crippen molar-refractivity contribution in [1.82, 2.24) is 15.3 Å². The Bertz CT molecular complexity index is 605. The summed E-state index contributed by atoms with van der Waals surface area (Å²) in [5.74, 6) is -0.673. The van der Waals surface area contributed by atoms with Gasteiger partial charge in [-0.3, -0.25) is 9.63 Å². The van der Waals surface area contributed by atoms with Crippen LogP contribution in [0.25, 0.3) is 5.69 Å². The number of hydroxylamine groups is 1. The normalized spacial score (nSPS) is 10.5. The highest BCUT2D eigenvalue weighted by Crippen LogP contribution is 2.18. The van der Waals surface area contributed by atoms with E-state index in [9.17, 15) is 9.18 Å². The second kappa shape index (κ2) is 5.19. The third-order valence-corrected chi connectivity index (χ3v) is 2.78. The molecule has 2 aromatic rings. The first-order chi connectivity index (χ1) is 9.04. The SMILES string of the molecule is CONC(=O)c1c(C)nn(-c2ccc(F)cc2)c1C. The summed E-state index contributed by atoms with van der Waals surface area (Å²) in [4.78, 5) is 16.4. The molecule has 0 fully saturated rings. The van der Waals surface area contributed by atoms with Crippen molar-refractivity contribution in [2.24, 2.45) is 0 Å². The maximum atomic E-state index is 12.9. The smallest absolute Gasteiger partial charge is 0.277 e. The lowest BCUT2D eigenvalue weighted by molar-refractivity contribution is 0.0536. The van der Waals surface area contributed by atoms with Crippen LogP contribution >= 0.6 is 0 Å². The van der Waals surface area contributed by atoms with Gasteiger partial charge in [-0.25, -0.2) is 14.6 Å². The third kappa shape index (κ3) is 2.48. The predicted molar refractivity (Wildman–Crippen MR) is 67.5 cm³/mol. The number of amides is 1. The lowest BCUT2D eigenvalue weighted by Crippen LogP contribution is -2.23. The van der Waals surface area contributed by atoms with Gasteiger partial charge < -0.3 is 0 Å². The largest absolute Gasteiger partial charge is 0.278 e. The molecule has 100 valence electrons. The number of aromatic nitrogens is 2. The van der Waals surface area contributed by atoms with Crippen LogP contribution in [0.5, 0.6) is 0 Å². The van der Waals surface area contributed by atoms with Gasteiger partial charge in [-0.2, -0.15) is 5.10 Å². The van der Waals surface area contributed by atoms with E-state index >= 15 is 0 Å². The fourth-order valence-electron chi connectivity index (χ4n) is 1.95. The van der Waals surface area contributed by atoms with Gasteiger partial charge in [0, 0.05) is 0 Å². The lowest BCUT2D eigenvalue weighted by atomic mass is 10.2. The topological polar surface area (TPSA) is 56.1 Å². The molecule has 0 saturated carbocycles. The zero-order valence-corrected chi connectivity index (χ0v) is 10.9. The van der Waals surface area contributed by atoms with E-state index in [0.717, 1.165) is 0 Å². The van der Waals surface area contributed by atoms with Crippen LogP contribution in [0.2, 0.25) is 0 Å². The molecule has 0 atom stereocenters. The number of nitrogens with zero attached hydrogens (tertiary/aromatic N) is 2. The summed E-state index contributed by atoms with van der Waals surface area (Å²) in [7, 11) is 1.37. The number of nitrogens with one attached hydrogen (secondary N) is 1. The number of carbonyl (C=O) groups is 1. The number of benzene rings is 1. The Hall–Kier alpha value is -2.21.